The average molecular weight is 289 g/mol. The molecule has 1 aromatic heterocycles. The molecule has 0 aliphatic heterocycles. The van der Waals surface area contributed by atoms with E-state index in [1.54, 1.807) is 4.80 Å². The zero-order valence-electron chi connectivity index (χ0n) is 12.8. The molecule has 0 saturated carbocycles. The molecule has 0 unspecified atom stereocenters. The molecule has 3 nitrogen and oxygen atoms in total. The summed E-state index contributed by atoms with van der Waals surface area (Å²) in [6.07, 6.45) is 4.10. The Balaban J connectivity index is 2.01. The number of hydrogen-bond donors (Lipinski definition) is 0. The lowest BCUT2D eigenvalue weighted by Gasteiger charge is -2.00. The van der Waals surface area contributed by atoms with Gasteiger partial charge in [0.25, 0.3) is 0 Å². The van der Waals surface area contributed by atoms with Gasteiger partial charge in [-0.2, -0.15) is 15.0 Å². The Kier molecular flexibility index (Phi) is 4.15. The normalized spacial score (nSPS) is 11.4. The standard InChI is InChI=1S/C19H19N3/c1-15(2)22-20-18(14-13-16-9-5-3-6-10-16)19(21-22)17-11-7-4-8-12-17/h3-15H,1-2H3. The molecular formula is C19H19N3. The van der Waals surface area contributed by atoms with Crippen molar-refractivity contribution in [2.75, 3.05) is 0 Å². The van der Waals surface area contributed by atoms with Crippen LogP contribution in [0.4, 0.5) is 0 Å². The summed E-state index contributed by atoms with van der Waals surface area (Å²) in [7, 11) is 0. The summed E-state index contributed by atoms with van der Waals surface area (Å²) >= 11 is 0. The third-order valence-corrected chi connectivity index (χ3v) is 3.40. The molecule has 0 aliphatic carbocycles. The van der Waals surface area contributed by atoms with Crippen LogP contribution in [-0.2, 0) is 0 Å². The summed E-state index contributed by atoms with van der Waals surface area (Å²) < 4.78 is 0. The number of rotatable bonds is 4. The molecule has 0 spiro atoms. The maximum absolute atomic E-state index is 4.65. The average Bonchev–Trinajstić information content (AvgIpc) is 2.99. The predicted octanol–water partition coefficient (Wildman–Crippen LogP) is 4.70. The Morgan fingerprint density at radius 3 is 2.09 bits per heavy atom. The molecule has 0 saturated heterocycles. The van der Waals surface area contributed by atoms with Crippen LogP contribution in [0.1, 0.15) is 31.1 Å². The van der Waals surface area contributed by atoms with Gasteiger partial charge in [0.1, 0.15) is 11.4 Å². The van der Waals surface area contributed by atoms with Crippen molar-refractivity contribution in [3.63, 3.8) is 0 Å². The van der Waals surface area contributed by atoms with Crippen LogP contribution in [0.3, 0.4) is 0 Å². The summed E-state index contributed by atoms with van der Waals surface area (Å²) in [5.41, 5.74) is 4.05. The highest BCUT2D eigenvalue weighted by Gasteiger charge is 2.12. The van der Waals surface area contributed by atoms with Gasteiger partial charge in [0, 0.05) is 5.56 Å². The first-order valence-corrected chi connectivity index (χ1v) is 7.49. The van der Waals surface area contributed by atoms with Gasteiger partial charge < -0.3 is 0 Å². The molecular weight excluding hydrogens is 270 g/mol. The van der Waals surface area contributed by atoms with Crippen LogP contribution in [0.2, 0.25) is 0 Å². The first-order valence-electron chi connectivity index (χ1n) is 7.49. The second kappa shape index (κ2) is 6.39. The smallest absolute Gasteiger partial charge is 0.120 e. The molecule has 3 heteroatoms. The van der Waals surface area contributed by atoms with Gasteiger partial charge >= 0.3 is 0 Å². The van der Waals surface area contributed by atoms with Crippen molar-refractivity contribution in [2.24, 2.45) is 0 Å². The summed E-state index contributed by atoms with van der Waals surface area (Å²) in [4.78, 5) is 1.77. The van der Waals surface area contributed by atoms with Gasteiger partial charge in [-0.25, -0.2) is 0 Å². The van der Waals surface area contributed by atoms with Crippen molar-refractivity contribution in [2.45, 2.75) is 19.9 Å². The van der Waals surface area contributed by atoms with E-state index in [2.05, 4.69) is 54.4 Å². The lowest BCUT2D eigenvalue weighted by Crippen LogP contribution is -2.04. The zero-order chi connectivity index (χ0) is 15.4. The molecule has 0 radical (unpaired) electrons. The van der Waals surface area contributed by atoms with Crippen molar-refractivity contribution < 1.29 is 0 Å². The first-order chi connectivity index (χ1) is 10.7. The fraction of sp³-hybridized carbons (Fsp3) is 0.158. The summed E-state index contributed by atoms with van der Waals surface area (Å²) in [6, 6.07) is 20.6. The van der Waals surface area contributed by atoms with E-state index < -0.39 is 0 Å². The summed E-state index contributed by atoms with van der Waals surface area (Å²) in [5.74, 6) is 0. The van der Waals surface area contributed by atoms with Crippen molar-refractivity contribution >= 4 is 12.2 Å². The SMILES string of the molecule is CC(C)n1nc(C=Cc2ccccc2)c(-c2ccccc2)n1. The van der Waals surface area contributed by atoms with E-state index in [0.29, 0.717) is 0 Å². The molecule has 0 N–H and O–H groups in total. The largest absolute Gasteiger partial charge is 0.181 e. The molecule has 3 rings (SSSR count). The number of hydrogen-bond acceptors (Lipinski definition) is 2. The molecule has 0 aliphatic rings. The lowest BCUT2D eigenvalue weighted by molar-refractivity contribution is 0.466. The van der Waals surface area contributed by atoms with Crippen LogP contribution in [0.5, 0.6) is 0 Å². The van der Waals surface area contributed by atoms with Crippen LogP contribution >= 0.6 is 0 Å². The van der Waals surface area contributed by atoms with Gasteiger partial charge in [-0.3, -0.25) is 0 Å². The van der Waals surface area contributed by atoms with Gasteiger partial charge in [-0.1, -0.05) is 66.7 Å². The number of benzene rings is 2. The zero-order valence-corrected chi connectivity index (χ0v) is 12.8. The van der Waals surface area contributed by atoms with Gasteiger partial charge in [-0.15, -0.1) is 0 Å². The molecule has 0 amide bonds. The summed E-state index contributed by atoms with van der Waals surface area (Å²) in [6.45, 7) is 4.17. The molecule has 0 fully saturated rings. The highest BCUT2D eigenvalue weighted by atomic mass is 15.5. The maximum Gasteiger partial charge on any atom is 0.120 e. The van der Waals surface area contributed by atoms with E-state index in [0.717, 1.165) is 22.5 Å². The van der Waals surface area contributed by atoms with Crippen molar-refractivity contribution in [1.82, 2.24) is 15.0 Å². The van der Waals surface area contributed by atoms with Crippen LogP contribution < -0.4 is 0 Å². The van der Waals surface area contributed by atoms with Crippen molar-refractivity contribution in [3.8, 4) is 11.3 Å². The van der Waals surface area contributed by atoms with Crippen molar-refractivity contribution in [1.29, 1.82) is 0 Å². The Bertz CT molecular complexity index is 756. The molecule has 3 aromatic rings. The van der Waals surface area contributed by atoms with E-state index >= 15 is 0 Å². The Hall–Kier alpha value is -2.68. The Labute approximate surface area is 130 Å². The molecule has 0 atom stereocenters. The molecule has 22 heavy (non-hydrogen) atoms. The van der Waals surface area contributed by atoms with Gasteiger partial charge in [0.15, 0.2) is 0 Å². The van der Waals surface area contributed by atoms with Crippen molar-refractivity contribution in [3.05, 3.63) is 71.9 Å². The second-order valence-corrected chi connectivity index (χ2v) is 5.46. The molecule has 1 heterocycles. The quantitative estimate of drug-likeness (QED) is 0.697. The van der Waals surface area contributed by atoms with E-state index in [4.69, 9.17) is 0 Å². The third-order valence-electron chi connectivity index (χ3n) is 3.40. The van der Waals surface area contributed by atoms with E-state index in [1.807, 2.05) is 42.5 Å². The van der Waals surface area contributed by atoms with Gasteiger partial charge in [-0.05, 0) is 25.5 Å². The van der Waals surface area contributed by atoms with Crippen LogP contribution in [0, 0.1) is 0 Å². The highest BCUT2D eigenvalue weighted by Crippen LogP contribution is 2.22. The van der Waals surface area contributed by atoms with E-state index in [-0.39, 0.29) is 6.04 Å². The Morgan fingerprint density at radius 2 is 1.45 bits per heavy atom. The minimum atomic E-state index is 0.237. The minimum Gasteiger partial charge on any atom is -0.181 e. The van der Waals surface area contributed by atoms with Crippen LogP contribution in [0.15, 0.2) is 60.7 Å². The monoisotopic (exact) mass is 289 g/mol. The lowest BCUT2D eigenvalue weighted by atomic mass is 10.1. The number of nitrogens with zero attached hydrogens (tertiary/aromatic N) is 3. The van der Waals surface area contributed by atoms with E-state index in [9.17, 15) is 0 Å². The third kappa shape index (κ3) is 3.14. The second-order valence-electron chi connectivity index (χ2n) is 5.46. The van der Waals surface area contributed by atoms with Gasteiger partial charge in [0.05, 0.1) is 6.04 Å². The van der Waals surface area contributed by atoms with Crippen LogP contribution in [-0.4, -0.2) is 15.0 Å². The topological polar surface area (TPSA) is 30.7 Å². The highest BCUT2D eigenvalue weighted by molar-refractivity contribution is 5.76. The fourth-order valence-electron chi connectivity index (χ4n) is 2.22. The molecule has 0 bridgehead atoms. The maximum atomic E-state index is 4.65. The van der Waals surface area contributed by atoms with E-state index in [1.165, 1.54) is 0 Å². The van der Waals surface area contributed by atoms with Crippen LogP contribution in [0.25, 0.3) is 23.4 Å². The summed E-state index contributed by atoms with van der Waals surface area (Å²) in [5, 5.41) is 9.27. The predicted molar refractivity (Wildman–Crippen MR) is 91.2 cm³/mol. The minimum absolute atomic E-state index is 0.237. The Morgan fingerprint density at radius 1 is 0.818 bits per heavy atom. The molecule has 110 valence electrons. The first kappa shape index (κ1) is 14.3. The number of aromatic nitrogens is 3. The fourth-order valence-corrected chi connectivity index (χ4v) is 2.22. The van der Waals surface area contributed by atoms with Gasteiger partial charge in [0.2, 0.25) is 0 Å². The molecule has 2 aromatic carbocycles.